The Kier molecular flexibility index (Phi) is 10.2. The highest BCUT2D eigenvalue weighted by Gasteiger charge is 2.08. The quantitative estimate of drug-likeness (QED) is 0.381. The third-order valence-corrected chi connectivity index (χ3v) is 3.28. The van der Waals surface area contributed by atoms with Crippen LogP contribution in [-0.4, -0.2) is 0 Å². The second kappa shape index (κ2) is 10.2. The minimum atomic E-state index is 0.542. The molecule has 0 saturated heterocycles. The van der Waals surface area contributed by atoms with Gasteiger partial charge < -0.3 is 0 Å². The van der Waals surface area contributed by atoms with Gasteiger partial charge >= 0.3 is 0 Å². The Labute approximate surface area is 104 Å². The number of hydrogen-bond donors (Lipinski definition) is 0. The van der Waals surface area contributed by atoms with Gasteiger partial charge in [0.05, 0.1) is 0 Å². The van der Waals surface area contributed by atoms with E-state index in [-0.39, 0.29) is 0 Å². The summed E-state index contributed by atoms with van der Waals surface area (Å²) in [7, 11) is 0. The minimum absolute atomic E-state index is 0.542. The molecule has 0 spiro atoms. The summed E-state index contributed by atoms with van der Waals surface area (Å²) in [6, 6.07) is 0. The summed E-state index contributed by atoms with van der Waals surface area (Å²) in [5, 5.41) is 0. The van der Waals surface area contributed by atoms with Crippen molar-refractivity contribution in [1.29, 1.82) is 0 Å². The second-order valence-corrected chi connectivity index (χ2v) is 6.49. The standard InChI is InChI=1S/C16H34/c1-5-6-7-8-9-10-11-12-13-14-15-16(2,3)4/h5-15H2,1-4H3. The smallest absolute Gasteiger partial charge is 0.0383 e. The molecule has 0 aliphatic heterocycles. The predicted octanol–water partition coefficient (Wildman–Crippen LogP) is 6.34. The molecule has 0 N–H and O–H groups in total. The van der Waals surface area contributed by atoms with Crippen LogP contribution in [0.1, 0.15) is 98.3 Å². The van der Waals surface area contributed by atoms with Gasteiger partial charge in [-0.25, -0.2) is 0 Å². The van der Waals surface area contributed by atoms with Crippen molar-refractivity contribution in [3.05, 3.63) is 0 Å². The van der Waals surface area contributed by atoms with E-state index in [1.807, 2.05) is 0 Å². The highest BCUT2D eigenvalue weighted by molar-refractivity contribution is 4.61. The first-order chi connectivity index (χ1) is 7.56. The third kappa shape index (κ3) is 14.0. The van der Waals surface area contributed by atoms with Crippen molar-refractivity contribution in [2.45, 2.75) is 98.3 Å². The fourth-order valence-corrected chi connectivity index (χ4v) is 2.14. The maximum Gasteiger partial charge on any atom is -0.0383 e. The normalized spacial score (nSPS) is 12.0. The number of hydrogen-bond acceptors (Lipinski definition) is 0. The Hall–Kier alpha value is 0. The summed E-state index contributed by atoms with van der Waals surface area (Å²) in [6.45, 7) is 9.33. The molecule has 16 heavy (non-hydrogen) atoms. The fourth-order valence-electron chi connectivity index (χ4n) is 2.14. The lowest BCUT2D eigenvalue weighted by Gasteiger charge is -2.17. The number of rotatable bonds is 10. The van der Waals surface area contributed by atoms with Gasteiger partial charge in [0.15, 0.2) is 0 Å². The van der Waals surface area contributed by atoms with Gasteiger partial charge in [0.2, 0.25) is 0 Å². The molecule has 0 unspecified atom stereocenters. The molecule has 98 valence electrons. The first-order valence-electron chi connectivity index (χ1n) is 7.56. The summed E-state index contributed by atoms with van der Waals surface area (Å²) in [4.78, 5) is 0. The summed E-state index contributed by atoms with van der Waals surface area (Å²) in [5.74, 6) is 0. The maximum atomic E-state index is 2.35. The van der Waals surface area contributed by atoms with Crippen molar-refractivity contribution in [3.8, 4) is 0 Å². The molecular weight excluding hydrogens is 192 g/mol. The summed E-state index contributed by atoms with van der Waals surface area (Å²) in [5.41, 5.74) is 0.542. The van der Waals surface area contributed by atoms with Crippen LogP contribution in [0.15, 0.2) is 0 Å². The summed E-state index contributed by atoms with van der Waals surface area (Å²) in [6.07, 6.45) is 15.9. The number of unbranched alkanes of at least 4 members (excludes halogenated alkanes) is 9. The Morgan fingerprint density at radius 3 is 1.31 bits per heavy atom. The maximum absolute atomic E-state index is 2.35. The van der Waals surface area contributed by atoms with E-state index >= 15 is 0 Å². The van der Waals surface area contributed by atoms with Gasteiger partial charge in [0.1, 0.15) is 0 Å². The molecule has 0 rings (SSSR count). The SMILES string of the molecule is CCCCCCCCCCCCC(C)(C)C. The summed E-state index contributed by atoms with van der Waals surface area (Å²) < 4.78 is 0. The van der Waals surface area contributed by atoms with Crippen LogP contribution in [-0.2, 0) is 0 Å². The fraction of sp³-hybridized carbons (Fsp3) is 1.00. The average Bonchev–Trinajstić information content (AvgIpc) is 2.19. The molecule has 0 atom stereocenters. The van der Waals surface area contributed by atoms with E-state index in [0.717, 1.165) is 0 Å². The Morgan fingerprint density at radius 2 is 0.938 bits per heavy atom. The van der Waals surface area contributed by atoms with Crippen LogP contribution in [0.3, 0.4) is 0 Å². The molecule has 0 fully saturated rings. The summed E-state index contributed by atoms with van der Waals surface area (Å²) >= 11 is 0. The van der Waals surface area contributed by atoms with Crippen LogP contribution in [0.2, 0.25) is 0 Å². The minimum Gasteiger partial charge on any atom is -0.0654 e. The van der Waals surface area contributed by atoms with E-state index in [9.17, 15) is 0 Å². The molecule has 0 aromatic heterocycles. The largest absolute Gasteiger partial charge is 0.0654 e. The van der Waals surface area contributed by atoms with Gasteiger partial charge in [-0.2, -0.15) is 0 Å². The van der Waals surface area contributed by atoms with Crippen LogP contribution in [0, 0.1) is 5.41 Å². The van der Waals surface area contributed by atoms with Crippen LogP contribution < -0.4 is 0 Å². The molecule has 0 aliphatic carbocycles. The van der Waals surface area contributed by atoms with E-state index in [0.29, 0.717) is 5.41 Å². The van der Waals surface area contributed by atoms with Crippen molar-refractivity contribution in [1.82, 2.24) is 0 Å². The molecule has 0 heterocycles. The molecule has 0 nitrogen and oxygen atoms in total. The second-order valence-electron chi connectivity index (χ2n) is 6.49. The monoisotopic (exact) mass is 226 g/mol. The van der Waals surface area contributed by atoms with Gasteiger partial charge in [-0.1, -0.05) is 91.9 Å². The van der Waals surface area contributed by atoms with Gasteiger partial charge in [0.25, 0.3) is 0 Å². The lowest BCUT2D eigenvalue weighted by molar-refractivity contribution is 0.356. The Balaban J connectivity index is 2.99. The van der Waals surface area contributed by atoms with Crippen molar-refractivity contribution in [3.63, 3.8) is 0 Å². The van der Waals surface area contributed by atoms with E-state index < -0.39 is 0 Å². The highest BCUT2D eigenvalue weighted by atomic mass is 14.1. The molecule has 0 bridgehead atoms. The third-order valence-electron chi connectivity index (χ3n) is 3.28. The molecule has 0 heteroatoms. The van der Waals surface area contributed by atoms with E-state index in [1.165, 1.54) is 70.6 Å². The van der Waals surface area contributed by atoms with E-state index in [2.05, 4.69) is 27.7 Å². The Morgan fingerprint density at radius 1 is 0.562 bits per heavy atom. The van der Waals surface area contributed by atoms with Crippen molar-refractivity contribution >= 4 is 0 Å². The predicted molar refractivity (Wildman–Crippen MR) is 75.9 cm³/mol. The molecular formula is C16H34. The zero-order chi connectivity index (χ0) is 12.3. The molecule has 0 aromatic carbocycles. The first-order valence-corrected chi connectivity index (χ1v) is 7.56. The van der Waals surface area contributed by atoms with Crippen LogP contribution in [0.4, 0.5) is 0 Å². The Bertz CT molecular complexity index is 129. The molecule has 0 saturated carbocycles. The van der Waals surface area contributed by atoms with Crippen molar-refractivity contribution in [2.24, 2.45) is 5.41 Å². The molecule has 0 aliphatic rings. The zero-order valence-corrected chi connectivity index (χ0v) is 12.3. The first kappa shape index (κ1) is 16.0. The van der Waals surface area contributed by atoms with Gasteiger partial charge in [-0.05, 0) is 11.8 Å². The molecule has 0 radical (unpaired) electrons. The van der Waals surface area contributed by atoms with Gasteiger partial charge in [0, 0.05) is 0 Å². The topological polar surface area (TPSA) is 0 Å². The van der Waals surface area contributed by atoms with E-state index in [4.69, 9.17) is 0 Å². The van der Waals surface area contributed by atoms with Crippen LogP contribution in [0.5, 0.6) is 0 Å². The van der Waals surface area contributed by atoms with Crippen molar-refractivity contribution in [2.75, 3.05) is 0 Å². The molecule has 0 amide bonds. The lowest BCUT2D eigenvalue weighted by Crippen LogP contribution is -2.03. The van der Waals surface area contributed by atoms with Crippen molar-refractivity contribution < 1.29 is 0 Å². The van der Waals surface area contributed by atoms with Gasteiger partial charge in [-0.15, -0.1) is 0 Å². The van der Waals surface area contributed by atoms with Crippen LogP contribution in [0.25, 0.3) is 0 Å². The lowest BCUT2D eigenvalue weighted by atomic mass is 9.89. The molecule has 0 aromatic rings. The zero-order valence-electron chi connectivity index (χ0n) is 12.3. The van der Waals surface area contributed by atoms with Crippen LogP contribution >= 0.6 is 0 Å². The highest BCUT2D eigenvalue weighted by Crippen LogP contribution is 2.22. The average molecular weight is 226 g/mol. The van der Waals surface area contributed by atoms with E-state index in [1.54, 1.807) is 0 Å². The van der Waals surface area contributed by atoms with Gasteiger partial charge in [-0.3, -0.25) is 0 Å².